The molecule has 7 N–H and O–H groups in total. The third-order valence-corrected chi connectivity index (χ3v) is 6.56. The number of anilines is 1. The van der Waals surface area contributed by atoms with E-state index in [1.165, 1.54) is 0 Å². The molecule has 0 aromatic heterocycles. The van der Waals surface area contributed by atoms with Gasteiger partial charge in [-0.25, -0.2) is 10.2 Å². The summed E-state index contributed by atoms with van der Waals surface area (Å²) >= 11 is 12.1. The first-order valence-electron chi connectivity index (χ1n) is 12.4. The molecule has 3 aromatic rings. The summed E-state index contributed by atoms with van der Waals surface area (Å²) in [6.45, 7) is 0.239. The second kappa shape index (κ2) is 14.9. The van der Waals surface area contributed by atoms with Gasteiger partial charge in [-0.3, -0.25) is 19.6 Å². The summed E-state index contributed by atoms with van der Waals surface area (Å²) in [5, 5.41) is 14.2. The van der Waals surface area contributed by atoms with Gasteiger partial charge < -0.3 is 21.9 Å². The number of carbonyl (C=O) groups excluding carboxylic acids is 2. The minimum absolute atomic E-state index is 0.0365. The molecular formula is C28H30Cl2N6O4. The molecule has 0 aliphatic heterocycles. The first-order chi connectivity index (χ1) is 19.1. The number of benzene rings is 3. The Balaban J connectivity index is 1.71. The van der Waals surface area contributed by atoms with Crippen LogP contribution in [0.5, 0.6) is 0 Å². The van der Waals surface area contributed by atoms with Crippen LogP contribution in [0.3, 0.4) is 0 Å². The number of aliphatic imine (C=N–C) groups is 1. The lowest BCUT2D eigenvalue weighted by Crippen LogP contribution is -2.53. The van der Waals surface area contributed by atoms with Crippen LogP contribution in [0.15, 0.2) is 77.8 Å². The van der Waals surface area contributed by atoms with Gasteiger partial charge in [0.1, 0.15) is 12.5 Å². The molecule has 0 unspecified atom stereocenters. The predicted molar refractivity (Wildman–Crippen MR) is 157 cm³/mol. The zero-order valence-electron chi connectivity index (χ0n) is 21.5. The Bertz CT molecular complexity index is 1350. The zero-order chi connectivity index (χ0) is 29.1. The van der Waals surface area contributed by atoms with E-state index < -0.39 is 30.2 Å². The minimum atomic E-state index is -1.29. The van der Waals surface area contributed by atoms with Crippen LogP contribution in [-0.4, -0.2) is 46.4 Å². The fraction of sp³-hybridized carbons (Fsp3) is 0.214. The first kappa shape index (κ1) is 30.4. The standard InChI is InChI=1S/C28H30Cl2N6O4/c29-22-13-8-18(15-23(22)30)17-34-36(24(27(39)40)7-4-14-33-28(31)32)26(38)16-25(37)35-21-11-9-20(10-12-21)19-5-2-1-3-6-19/h1-3,5-6,8-13,15,24,34H,4,7,14,16-17H2,(H,35,37)(H,39,40)(H4,31,32,33)/t24-/m0/s1. The van der Waals surface area contributed by atoms with E-state index >= 15 is 0 Å². The smallest absolute Gasteiger partial charge is 0.328 e. The molecular weight excluding hydrogens is 555 g/mol. The number of nitrogens with two attached hydrogens (primary N) is 2. The third-order valence-electron chi connectivity index (χ3n) is 5.82. The number of halogens is 2. The van der Waals surface area contributed by atoms with Gasteiger partial charge in [0.2, 0.25) is 11.8 Å². The minimum Gasteiger partial charge on any atom is -0.480 e. The van der Waals surface area contributed by atoms with Gasteiger partial charge in [0.25, 0.3) is 0 Å². The van der Waals surface area contributed by atoms with Gasteiger partial charge in [-0.1, -0.05) is 71.7 Å². The van der Waals surface area contributed by atoms with Crippen LogP contribution in [0, 0.1) is 0 Å². The maximum Gasteiger partial charge on any atom is 0.328 e. The Kier molecular flexibility index (Phi) is 11.3. The molecule has 0 bridgehead atoms. The Morgan fingerprint density at radius 3 is 2.23 bits per heavy atom. The highest BCUT2D eigenvalue weighted by Crippen LogP contribution is 2.23. The number of nitrogens with zero attached hydrogens (tertiary/aromatic N) is 2. The average molecular weight is 585 g/mol. The van der Waals surface area contributed by atoms with E-state index in [0.717, 1.165) is 16.1 Å². The molecule has 0 saturated heterocycles. The van der Waals surface area contributed by atoms with Gasteiger partial charge in [-0.05, 0) is 53.8 Å². The van der Waals surface area contributed by atoms with Crippen LogP contribution in [0.25, 0.3) is 11.1 Å². The molecule has 0 aliphatic carbocycles. The number of guanidine groups is 1. The number of hydrogen-bond acceptors (Lipinski definition) is 5. The number of aliphatic carboxylic acids is 1. The Morgan fingerprint density at radius 2 is 1.60 bits per heavy atom. The molecule has 210 valence electrons. The van der Waals surface area contributed by atoms with E-state index in [-0.39, 0.29) is 31.9 Å². The van der Waals surface area contributed by atoms with E-state index in [0.29, 0.717) is 21.3 Å². The van der Waals surface area contributed by atoms with Gasteiger partial charge >= 0.3 is 5.97 Å². The van der Waals surface area contributed by atoms with E-state index in [1.54, 1.807) is 30.3 Å². The molecule has 0 aliphatic rings. The molecule has 1 atom stereocenters. The normalized spacial score (nSPS) is 11.3. The molecule has 0 saturated carbocycles. The molecule has 40 heavy (non-hydrogen) atoms. The van der Waals surface area contributed by atoms with Crippen molar-refractivity contribution in [3.8, 4) is 11.1 Å². The fourth-order valence-electron chi connectivity index (χ4n) is 3.86. The molecule has 10 nitrogen and oxygen atoms in total. The topological polar surface area (TPSA) is 163 Å². The monoisotopic (exact) mass is 584 g/mol. The van der Waals surface area contributed by atoms with Crippen LogP contribution >= 0.6 is 23.2 Å². The molecule has 3 rings (SSSR count). The quantitative estimate of drug-likeness (QED) is 0.0665. The van der Waals surface area contributed by atoms with Gasteiger partial charge in [0.15, 0.2) is 5.96 Å². The molecule has 0 heterocycles. The highest BCUT2D eigenvalue weighted by molar-refractivity contribution is 6.42. The highest BCUT2D eigenvalue weighted by Gasteiger charge is 2.30. The number of nitrogens with one attached hydrogen (secondary N) is 2. The molecule has 0 fully saturated rings. The maximum absolute atomic E-state index is 13.2. The van der Waals surface area contributed by atoms with E-state index in [4.69, 9.17) is 34.7 Å². The molecule has 2 amide bonds. The molecule has 12 heteroatoms. The summed E-state index contributed by atoms with van der Waals surface area (Å²) < 4.78 is 0. The van der Waals surface area contributed by atoms with Crippen molar-refractivity contribution in [2.24, 2.45) is 16.5 Å². The molecule has 3 aromatic carbocycles. The Hall–Kier alpha value is -4.12. The summed E-state index contributed by atoms with van der Waals surface area (Å²) in [5.41, 5.74) is 16.7. The second-order valence-corrected chi connectivity index (χ2v) is 9.63. The first-order valence-corrected chi connectivity index (χ1v) is 13.1. The SMILES string of the molecule is NC(N)=NCCC[C@@H](C(=O)O)N(NCc1ccc(Cl)c(Cl)c1)C(=O)CC(=O)Nc1ccc(-c2ccccc2)cc1. The Morgan fingerprint density at radius 1 is 0.925 bits per heavy atom. The Labute approximate surface area is 241 Å². The number of hydrogen-bond donors (Lipinski definition) is 5. The molecule has 0 radical (unpaired) electrons. The van der Waals surface area contributed by atoms with Gasteiger partial charge in [-0.2, -0.15) is 0 Å². The summed E-state index contributed by atoms with van der Waals surface area (Å²) in [6.07, 6.45) is -0.269. The van der Waals surface area contributed by atoms with Gasteiger partial charge in [0.05, 0.1) is 10.0 Å². The average Bonchev–Trinajstić information content (AvgIpc) is 2.92. The van der Waals surface area contributed by atoms with Crippen LogP contribution in [-0.2, 0) is 20.9 Å². The zero-order valence-corrected chi connectivity index (χ0v) is 23.0. The maximum atomic E-state index is 13.2. The summed E-state index contributed by atoms with van der Waals surface area (Å²) in [7, 11) is 0. The lowest BCUT2D eigenvalue weighted by Gasteiger charge is -2.29. The van der Waals surface area contributed by atoms with Crippen LogP contribution in [0.2, 0.25) is 10.0 Å². The summed E-state index contributed by atoms with van der Waals surface area (Å²) in [5.74, 6) is -2.70. The number of carboxylic acid groups (broad SMARTS) is 1. The van der Waals surface area contributed by atoms with Crippen molar-refractivity contribution in [2.45, 2.75) is 31.8 Å². The lowest BCUT2D eigenvalue weighted by atomic mass is 10.1. The van der Waals surface area contributed by atoms with Crippen molar-refractivity contribution in [3.05, 3.63) is 88.4 Å². The van der Waals surface area contributed by atoms with Crippen molar-refractivity contribution in [1.29, 1.82) is 0 Å². The second-order valence-electron chi connectivity index (χ2n) is 8.82. The highest BCUT2D eigenvalue weighted by atomic mass is 35.5. The number of amides is 2. The number of rotatable bonds is 13. The third kappa shape index (κ3) is 9.26. The summed E-state index contributed by atoms with van der Waals surface area (Å²) in [6, 6.07) is 20.5. The van der Waals surface area contributed by atoms with Crippen LogP contribution in [0.4, 0.5) is 5.69 Å². The van der Waals surface area contributed by atoms with E-state index in [1.807, 2.05) is 42.5 Å². The van der Waals surface area contributed by atoms with Crippen molar-refractivity contribution >= 4 is 52.6 Å². The molecule has 0 spiro atoms. The predicted octanol–water partition coefficient (Wildman–Crippen LogP) is 4.03. The van der Waals surface area contributed by atoms with Gasteiger partial charge in [-0.15, -0.1) is 0 Å². The van der Waals surface area contributed by atoms with Crippen molar-refractivity contribution in [1.82, 2.24) is 10.4 Å². The van der Waals surface area contributed by atoms with Crippen LogP contribution < -0.4 is 22.2 Å². The lowest BCUT2D eigenvalue weighted by molar-refractivity contribution is -0.154. The largest absolute Gasteiger partial charge is 0.480 e. The van der Waals surface area contributed by atoms with E-state index in [2.05, 4.69) is 15.7 Å². The van der Waals surface area contributed by atoms with Crippen molar-refractivity contribution in [3.63, 3.8) is 0 Å². The van der Waals surface area contributed by atoms with Crippen molar-refractivity contribution in [2.75, 3.05) is 11.9 Å². The van der Waals surface area contributed by atoms with E-state index in [9.17, 15) is 19.5 Å². The van der Waals surface area contributed by atoms with Gasteiger partial charge in [0, 0.05) is 18.8 Å². The van der Waals surface area contributed by atoms with Crippen LogP contribution in [0.1, 0.15) is 24.8 Å². The number of carbonyl (C=O) groups is 3. The number of carboxylic acids is 1. The summed E-state index contributed by atoms with van der Waals surface area (Å²) in [4.78, 5) is 42.0. The van der Waals surface area contributed by atoms with Crippen molar-refractivity contribution < 1.29 is 19.5 Å². The number of hydrazine groups is 1. The fourth-order valence-corrected chi connectivity index (χ4v) is 4.18.